The van der Waals surface area contributed by atoms with Crippen LogP contribution < -0.4 is 15.4 Å². The Bertz CT molecular complexity index is 736. The van der Waals surface area contributed by atoms with Crippen molar-refractivity contribution >= 4 is 60.8 Å². The maximum Gasteiger partial charge on any atom is 0.264 e. The summed E-state index contributed by atoms with van der Waals surface area (Å²) in [6.45, 7) is 1.96. The van der Waals surface area contributed by atoms with Gasteiger partial charge in [-0.25, -0.2) is 0 Å². The number of carbonyl (C=O) groups excluding carboxylic acids is 1. The van der Waals surface area contributed by atoms with E-state index in [1.54, 1.807) is 0 Å². The van der Waals surface area contributed by atoms with Crippen molar-refractivity contribution in [3.63, 3.8) is 0 Å². The van der Waals surface area contributed by atoms with Crippen molar-refractivity contribution in [3.05, 3.63) is 57.0 Å². The van der Waals surface area contributed by atoms with Crippen LogP contribution in [-0.4, -0.2) is 17.6 Å². The first kappa shape index (κ1) is 18.9. The maximum atomic E-state index is 11.9. The van der Waals surface area contributed by atoms with Crippen molar-refractivity contribution in [1.82, 2.24) is 5.32 Å². The van der Waals surface area contributed by atoms with Gasteiger partial charge in [-0.1, -0.05) is 28.9 Å². The number of hydrogen-bond donors (Lipinski definition) is 2. The van der Waals surface area contributed by atoms with Crippen molar-refractivity contribution in [2.24, 2.45) is 0 Å². The van der Waals surface area contributed by atoms with Crippen molar-refractivity contribution in [1.29, 1.82) is 0 Å². The van der Waals surface area contributed by atoms with E-state index in [1.807, 2.05) is 42.5 Å². The molecule has 0 aliphatic rings. The van der Waals surface area contributed by atoms with E-state index in [9.17, 15) is 4.79 Å². The average Bonchev–Trinajstić information content (AvgIpc) is 2.55. The number of amides is 1. The number of halogens is 2. The monoisotopic (exact) mass is 470 g/mol. The molecule has 7 heteroatoms. The second-order valence-corrected chi connectivity index (χ2v) is 7.09. The van der Waals surface area contributed by atoms with Crippen LogP contribution in [0, 0.1) is 0 Å². The molecule has 0 bridgehead atoms. The van der Waals surface area contributed by atoms with E-state index in [-0.39, 0.29) is 17.6 Å². The van der Waals surface area contributed by atoms with E-state index in [0.29, 0.717) is 5.75 Å². The highest BCUT2D eigenvalue weighted by atomic mass is 79.9. The van der Waals surface area contributed by atoms with Crippen LogP contribution in [0.2, 0.25) is 0 Å². The highest BCUT2D eigenvalue weighted by Crippen LogP contribution is 2.26. The van der Waals surface area contributed by atoms with Crippen LogP contribution in [-0.2, 0) is 11.2 Å². The zero-order valence-corrected chi connectivity index (χ0v) is 16.9. The molecule has 1 amide bonds. The van der Waals surface area contributed by atoms with Gasteiger partial charge in [0.05, 0.1) is 4.47 Å². The molecule has 24 heavy (non-hydrogen) atoms. The summed E-state index contributed by atoms with van der Waals surface area (Å²) in [5.74, 6) is 0.296. The van der Waals surface area contributed by atoms with Crippen LogP contribution in [0.4, 0.5) is 5.69 Å². The molecule has 2 aromatic carbocycles. The van der Waals surface area contributed by atoms with Crippen molar-refractivity contribution in [2.45, 2.75) is 13.3 Å². The van der Waals surface area contributed by atoms with Crippen LogP contribution in [0.5, 0.6) is 5.75 Å². The summed E-state index contributed by atoms with van der Waals surface area (Å²) in [7, 11) is 0. The van der Waals surface area contributed by atoms with E-state index in [0.717, 1.165) is 21.1 Å². The third kappa shape index (κ3) is 5.89. The van der Waals surface area contributed by atoms with Crippen LogP contribution in [0.3, 0.4) is 0 Å². The molecule has 0 unspecified atom stereocenters. The Hall–Kier alpha value is -1.44. The van der Waals surface area contributed by atoms with E-state index in [2.05, 4.69) is 49.4 Å². The molecule has 2 aromatic rings. The SMILES string of the molecule is CCc1ccc(OCC(=O)NC(=S)Nc2ccc(Br)cc2)c(Br)c1. The first-order valence-corrected chi connectivity index (χ1v) is 9.25. The molecule has 0 aromatic heterocycles. The predicted octanol–water partition coefficient (Wildman–Crippen LogP) is 4.67. The summed E-state index contributed by atoms with van der Waals surface area (Å²) in [5, 5.41) is 5.75. The number of ether oxygens (including phenoxy) is 1. The Morgan fingerprint density at radius 1 is 1.17 bits per heavy atom. The normalized spacial score (nSPS) is 10.1. The van der Waals surface area contributed by atoms with E-state index in [4.69, 9.17) is 17.0 Å². The van der Waals surface area contributed by atoms with Gasteiger partial charge in [-0.05, 0) is 76.5 Å². The van der Waals surface area contributed by atoms with Crippen LogP contribution in [0.25, 0.3) is 0 Å². The Balaban J connectivity index is 1.82. The van der Waals surface area contributed by atoms with Gasteiger partial charge in [-0.15, -0.1) is 0 Å². The Labute approximate surface area is 163 Å². The summed E-state index contributed by atoms with van der Waals surface area (Å²) in [5.41, 5.74) is 1.99. The second-order valence-electron chi connectivity index (χ2n) is 4.92. The summed E-state index contributed by atoms with van der Waals surface area (Å²) in [4.78, 5) is 11.9. The lowest BCUT2D eigenvalue weighted by molar-refractivity contribution is -0.121. The van der Waals surface area contributed by atoms with Crippen LogP contribution in [0.1, 0.15) is 12.5 Å². The minimum absolute atomic E-state index is 0.119. The number of thiocarbonyl (C=S) groups is 1. The number of aryl methyl sites for hydroxylation is 1. The number of rotatable bonds is 5. The molecule has 0 saturated heterocycles. The fourth-order valence-electron chi connectivity index (χ4n) is 1.88. The zero-order valence-electron chi connectivity index (χ0n) is 12.9. The molecule has 2 N–H and O–H groups in total. The summed E-state index contributed by atoms with van der Waals surface area (Å²) in [6.07, 6.45) is 0.940. The quantitative estimate of drug-likeness (QED) is 0.622. The van der Waals surface area contributed by atoms with Gasteiger partial charge in [0.25, 0.3) is 5.91 Å². The van der Waals surface area contributed by atoms with Gasteiger partial charge >= 0.3 is 0 Å². The van der Waals surface area contributed by atoms with Gasteiger partial charge in [-0.2, -0.15) is 0 Å². The summed E-state index contributed by atoms with van der Waals surface area (Å²) in [6, 6.07) is 13.3. The highest BCUT2D eigenvalue weighted by molar-refractivity contribution is 9.10. The van der Waals surface area contributed by atoms with Crippen LogP contribution >= 0.6 is 44.1 Å². The minimum Gasteiger partial charge on any atom is -0.483 e. The molecule has 0 fully saturated rings. The van der Waals surface area contributed by atoms with Gasteiger partial charge in [0.15, 0.2) is 11.7 Å². The largest absolute Gasteiger partial charge is 0.483 e. The Morgan fingerprint density at radius 3 is 2.50 bits per heavy atom. The number of hydrogen-bond acceptors (Lipinski definition) is 3. The predicted molar refractivity (Wildman–Crippen MR) is 108 cm³/mol. The Morgan fingerprint density at radius 2 is 1.88 bits per heavy atom. The standard InChI is InChI=1S/C17H16Br2N2O2S/c1-2-11-3-8-15(14(19)9-11)23-10-16(22)21-17(24)20-13-6-4-12(18)5-7-13/h3-9H,2,10H2,1H3,(H2,20,21,22,24). The number of carbonyl (C=O) groups is 1. The van der Waals surface area contributed by atoms with Crippen molar-refractivity contribution in [3.8, 4) is 5.75 Å². The summed E-state index contributed by atoms with van der Waals surface area (Å²) < 4.78 is 7.31. The van der Waals surface area contributed by atoms with E-state index in [1.165, 1.54) is 5.56 Å². The molecule has 126 valence electrons. The lowest BCUT2D eigenvalue weighted by Crippen LogP contribution is -2.37. The topological polar surface area (TPSA) is 50.4 Å². The molecule has 0 aliphatic heterocycles. The van der Waals surface area contributed by atoms with Gasteiger partial charge in [0.1, 0.15) is 5.75 Å². The molecular weight excluding hydrogens is 456 g/mol. The molecule has 0 saturated carbocycles. The third-order valence-corrected chi connectivity index (χ3v) is 4.47. The summed E-state index contributed by atoms with van der Waals surface area (Å²) >= 11 is 11.9. The molecule has 0 radical (unpaired) electrons. The molecule has 0 atom stereocenters. The fraction of sp³-hybridized carbons (Fsp3) is 0.176. The maximum absolute atomic E-state index is 11.9. The average molecular weight is 472 g/mol. The molecule has 4 nitrogen and oxygen atoms in total. The Kier molecular flexibility index (Phi) is 7.20. The number of anilines is 1. The molecule has 0 aliphatic carbocycles. The minimum atomic E-state index is -0.323. The van der Waals surface area contributed by atoms with Crippen molar-refractivity contribution < 1.29 is 9.53 Å². The number of nitrogens with one attached hydrogen (secondary N) is 2. The third-order valence-electron chi connectivity index (χ3n) is 3.12. The molecule has 2 rings (SSSR count). The van der Waals surface area contributed by atoms with Gasteiger partial charge in [-0.3, -0.25) is 10.1 Å². The lowest BCUT2D eigenvalue weighted by atomic mass is 10.2. The smallest absolute Gasteiger partial charge is 0.264 e. The lowest BCUT2D eigenvalue weighted by Gasteiger charge is -2.11. The van der Waals surface area contributed by atoms with Crippen LogP contribution in [0.15, 0.2) is 51.4 Å². The second kappa shape index (κ2) is 9.15. The first-order valence-electron chi connectivity index (χ1n) is 7.25. The molecule has 0 spiro atoms. The van der Waals surface area contributed by atoms with E-state index < -0.39 is 0 Å². The highest BCUT2D eigenvalue weighted by Gasteiger charge is 2.08. The van der Waals surface area contributed by atoms with Gasteiger partial charge in [0, 0.05) is 10.2 Å². The van der Waals surface area contributed by atoms with Gasteiger partial charge < -0.3 is 10.1 Å². The van der Waals surface area contributed by atoms with Crippen molar-refractivity contribution in [2.75, 3.05) is 11.9 Å². The molecular formula is C17H16Br2N2O2S. The molecule has 0 heterocycles. The zero-order chi connectivity index (χ0) is 17.5. The first-order chi connectivity index (χ1) is 11.5. The van der Waals surface area contributed by atoms with E-state index >= 15 is 0 Å². The number of benzene rings is 2. The van der Waals surface area contributed by atoms with Gasteiger partial charge in [0.2, 0.25) is 0 Å². The fourth-order valence-corrected chi connectivity index (χ4v) is 2.92.